The fourth-order valence-corrected chi connectivity index (χ4v) is 1.25. The molecular formula is C13H13N3O. The van der Waals surface area contributed by atoms with Gasteiger partial charge in [-0.25, -0.2) is 0 Å². The summed E-state index contributed by atoms with van der Waals surface area (Å²) in [7, 11) is 0. The van der Waals surface area contributed by atoms with Gasteiger partial charge in [0.2, 0.25) is 0 Å². The molecule has 1 aromatic carbocycles. The first-order valence-electron chi connectivity index (χ1n) is 5.28. The predicted octanol–water partition coefficient (Wildman–Crippen LogP) is 1.98. The van der Waals surface area contributed by atoms with E-state index in [0.717, 1.165) is 0 Å². The number of carbonyl (C=O) groups excluding carboxylic acids is 1. The van der Waals surface area contributed by atoms with Gasteiger partial charge < -0.3 is 5.32 Å². The first-order chi connectivity index (χ1) is 8.04. The van der Waals surface area contributed by atoms with E-state index in [2.05, 4.69) is 11.4 Å². The molecule has 1 rings (SSSR count). The lowest BCUT2D eigenvalue weighted by molar-refractivity contribution is 0.0923. The van der Waals surface area contributed by atoms with Gasteiger partial charge >= 0.3 is 0 Å². The fourth-order valence-electron chi connectivity index (χ4n) is 1.25. The highest BCUT2D eigenvalue weighted by Crippen LogP contribution is 2.10. The second-order valence-electron chi connectivity index (χ2n) is 3.94. The normalized spacial score (nSPS) is 12.9. The van der Waals surface area contributed by atoms with Crippen molar-refractivity contribution in [3.05, 3.63) is 35.4 Å². The van der Waals surface area contributed by atoms with Gasteiger partial charge in [-0.3, -0.25) is 4.79 Å². The average Bonchev–Trinajstić information content (AvgIpc) is 2.38. The SMILES string of the molecule is CCC(C)(C#N)NC(=O)c1cccc(C#N)c1. The summed E-state index contributed by atoms with van der Waals surface area (Å²) in [6.45, 7) is 3.49. The van der Waals surface area contributed by atoms with Gasteiger partial charge in [0.05, 0.1) is 17.7 Å². The quantitative estimate of drug-likeness (QED) is 0.857. The minimum atomic E-state index is -0.875. The third-order valence-corrected chi connectivity index (χ3v) is 2.60. The van der Waals surface area contributed by atoms with Crippen LogP contribution in [0, 0.1) is 22.7 Å². The number of nitrogens with one attached hydrogen (secondary N) is 1. The van der Waals surface area contributed by atoms with E-state index < -0.39 is 5.54 Å². The van der Waals surface area contributed by atoms with Gasteiger partial charge in [0.25, 0.3) is 5.91 Å². The predicted molar refractivity (Wildman–Crippen MR) is 62.9 cm³/mol. The molecule has 0 aliphatic heterocycles. The molecule has 0 saturated heterocycles. The first kappa shape index (κ1) is 12.7. The van der Waals surface area contributed by atoms with Gasteiger partial charge in [-0.1, -0.05) is 13.0 Å². The highest BCUT2D eigenvalue weighted by atomic mass is 16.1. The van der Waals surface area contributed by atoms with E-state index in [-0.39, 0.29) is 5.91 Å². The lowest BCUT2D eigenvalue weighted by atomic mass is 10.0. The van der Waals surface area contributed by atoms with E-state index in [4.69, 9.17) is 10.5 Å². The molecule has 0 heterocycles. The van der Waals surface area contributed by atoms with Crippen LogP contribution in [0.25, 0.3) is 0 Å². The molecule has 1 atom stereocenters. The Bertz CT molecular complexity index is 510. The van der Waals surface area contributed by atoms with Gasteiger partial charge in [-0.15, -0.1) is 0 Å². The molecule has 86 valence electrons. The molecule has 0 saturated carbocycles. The number of rotatable bonds is 3. The Morgan fingerprint density at radius 2 is 2.18 bits per heavy atom. The Balaban J connectivity index is 2.92. The number of carbonyl (C=O) groups is 1. The fraction of sp³-hybridized carbons (Fsp3) is 0.308. The Labute approximate surface area is 100 Å². The zero-order valence-corrected chi connectivity index (χ0v) is 9.82. The molecule has 0 radical (unpaired) electrons. The molecule has 17 heavy (non-hydrogen) atoms. The van der Waals surface area contributed by atoms with Gasteiger partial charge in [-0.05, 0) is 31.5 Å². The topological polar surface area (TPSA) is 76.7 Å². The lowest BCUT2D eigenvalue weighted by Crippen LogP contribution is -2.44. The largest absolute Gasteiger partial charge is 0.334 e. The smallest absolute Gasteiger partial charge is 0.252 e. The van der Waals surface area contributed by atoms with Crippen molar-refractivity contribution < 1.29 is 4.79 Å². The zero-order valence-electron chi connectivity index (χ0n) is 9.82. The Kier molecular flexibility index (Phi) is 3.85. The third kappa shape index (κ3) is 3.06. The second kappa shape index (κ2) is 5.14. The molecule has 1 unspecified atom stereocenters. The molecule has 1 aromatic rings. The van der Waals surface area contributed by atoms with E-state index in [9.17, 15) is 4.79 Å². The number of amides is 1. The van der Waals surface area contributed by atoms with Gasteiger partial charge in [0.15, 0.2) is 0 Å². The average molecular weight is 227 g/mol. The van der Waals surface area contributed by atoms with Crippen LogP contribution < -0.4 is 5.32 Å². The number of hydrogen-bond acceptors (Lipinski definition) is 3. The molecule has 0 aliphatic rings. The van der Waals surface area contributed by atoms with E-state index >= 15 is 0 Å². The van der Waals surface area contributed by atoms with Crippen LogP contribution in [0.4, 0.5) is 0 Å². The van der Waals surface area contributed by atoms with Crippen LogP contribution in [0.3, 0.4) is 0 Å². The Hall–Kier alpha value is -2.33. The van der Waals surface area contributed by atoms with E-state index in [0.29, 0.717) is 17.5 Å². The van der Waals surface area contributed by atoms with Gasteiger partial charge in [0, 0.05) is 5.56 Å². The number of nitriles is 2. The molecular weight excluding hydrogens is 214 g/mol. The highest BCUT2D eigenvalue weighted by molar-refractivity contribution is 5.95. The molecule has 4 nitrogen and oxygen atoms in total. The molecule has 0 fully saturated rings. The summed E-state index contributed by atoms with van der Waals surface area (Å²) in [6, 6.07) is 10.4. The number of hydrogen-bond donors (Lipinski definition) is 1. The second-order valence-corrected chi connectivity index (χ2v) is 3.94. The molecule has 0 aliphatic carbocycles. The molecule has 1 N–H and O–H groups in total. The standard InChI is InChI=1S/C13H13N3O/c1-3-13(2,9-15)16-12(17)11-6-4-5-10(7-11)8-14/h4-7H,3H2,1-2H3,(H,16,17). The van der Waals surface area contributed by atoms with Crippen LogP contribution >= 0.6 is 0 Å². The summed E-state index contributed by atoms with van der Waals surface area (Å²) < 4.78 is 0. The van der Waals surface area contributed by atoms with Crippen LogP contribution in [0.2, 0.25) is 0 Å². The Morgan fingerprint density at radius 3 is 2.71 bits per heavy atom. The molecule has 1 amide bonds. The van der Waals surface area contributed by atoms with Crippen molar-refractivity contribution >= 4 is 5.91 Å². The van der Waals surface area contributed by atoms with Crippen molar-refractivity contribution in [2.75, 3.05) is 0 Å². The summed E-state index contributed by atoms with van der Waals surface area (Å²) in [5, 5.41) is 20.4. The van der Waals surface area contributed by atoms with Crippen molar-refractivity contribution in [1.82, 2.24) is 5.32 Å². The van der Waals surface area contributed by atoms with Crippen LogP contribution in [-0.4, -0.2) is 11.4 Å². The van der Waals surface area contributed by atoms with Gasteiger partial charge in [0.1, 0.15) is 5.54 Å². The van der Waals surface area contributed by atoms with Crippen molar-refractivity contribution in [1.29, 1.82) is 10.5 Å². The summed E-state index contributed by atoms with van der Waals surface area (Å²) in [5.41, 5.74) is -0.0634. The van der Waals surface area contributed by atoms with Crippen LogP contribution in [0.5, 0.6) is 0 Å². The molecule has 0 bridgehead atoms. The number of benzene rings is 1. The van der Waals surface area contributed by atoms with Crippen molar-refractivity contribution in [2.45, 2.75) is 25.8 Å². The van der Waals surface area contributed by atoms with E-state index in [1.165, 1.54) is 6.07 Å². The van der Waals surface area contributed by atoms with Crippen molar-refractivity contribution in [3.63, 3.8) is 0 Å². The van der Waals surface area contributed by atoms with Gasteiger partial charge in [-0.2, -0.15) is 10.5 Å². The zero-order chi connectivity index (χ0) is 12.9. The summed E-state index contributed by atoms with van der Waals surface area (Å²) in [5.74, 6) is -0.340. The Morgan fingerprint density at radius 1 is 1.47 bits per heavy atom. The maximum Gasteiger partial charge on any atom is 0.252 e. The van der Waals surface area contributed by atoms with Crippen molar-refractivity contribution in [2.24, 2.45) is 0 Å². The van der Waals surface area contributed by atoms with Crippen LogP contribution in [0.1, 0.15) is 36.2 Å². The maximum atomic E-state index is 11.9. The van der Waals surface area contributed by atoms with Crippen molar-refractivity contribution in [3.8, 4) is 12.1 Å². The third-order valence-electron chi connectivity index (χ3n) is 2.60. The summed E-state index contributed by atoms with van der Waals surface area (Å²) in [6.07, 6.45) is 0.521. The number of nitrogens with zero attached hydrogens (tertiary/aromatic N) is 2. The van der Waals surface area contributed by atoms with E-state index in [1.807, 2.05) is 13.0 Å². The van der Waals surface area contributed by atoms with Crippen LogP contribution in [0.15, 0.2) is 24.3 Å². The summed E-state index contributed by atoms with van der Waals surface area (Å²) in [4.78, 5) is 11.9. The lowest BCUT2D eigenvalue weighted by Gasteiger charge is -2.21. The highest BCUT2D eigenvalue weighted by Gasteiger charge is 2.24. The minimum Gasteiger partial charge on any atom is -0.334 e. The summed E-state index contributed by atoms with van der Waals surface area (Å²) >= 11 is 0. The first-order valence-corrected chi connectivity index (χ1v) is 5.28. The molecule has 4 heteroatoms. The minimum absolute atomic E-state index is 0.340. The molecule has 0 spiro atoms. The molecule has 0 aromatic heterocycles. The van der Waals surface area contributed by atoms with Crippen LogP contribution in [-0.2, 0) is 0 Å². The maximum absolute atomic E-state index is 11.9. The van der Waals surface area contributed by atoms with E-state index in [1.54, 1.807) is 25.1 Å². The monoisotopic (exact) mass is 227 g/mol.